The van der Waals surface area contributed by atoms with Gasteiger partial charge in [-0.25, -0.2) is 0 Å². The molecule has 13 nitrogen and oxygen atoms in total. The topological polar surface area (TPSA) is 186 Å². The van der Waals surface area contributed by atoms with Crippen molar-refractivity contribution in [3.8, 4) is 23.0 Å². The summed E-state index contributed by atoms with van der Waals surface area (Å²) in [6, 6.07) is 2.92. The molecule has 2 fully saturated rings. The molecular weight excluding hydrogens is 460 g/mol. The highest BCUT2D eigenvalue weighted by Crippen LogP contribution is 2.41. The predicted molar refractivity (Wildman–Crippen MR) is 112 cm³/mol. The second kappa shape index (κ2) is 11.2. The Morgan fingerprint density at radius 2 is 1.26 bits per heavy atom. The molecule has 2 aliphatic rings. The summed E-state index contributed by atoms with van der Waals surface area (Å²) in [5, 5.41) is 60.8. The molecule has 10 unspecified atom stereocenters. The maximum atomic E-state index is 10.4. The van der Waals surface area contributed by atoms with Crippen molar-refractivity contribution in [1.82, 2.24) is 0 Å². The van der Waals surface area contributed by atoms with Crippen molar-refractivity contribution >= 4 is 0 Å². The van der Waals surface area contributed by atoms with Crippen LogP contribution in [0.3, 0.4) is 0 Å². The molecule has 10 atom stereocenters. The van der Waals surface area contributed by atoms with Crippen molar-refractivity contribution < 1.29 is 63.8 Å². The lowest BCUT2D eigenvalue weighted by Crippen LogP contribution is -2.61. The fourth-order valence-electron chi connectivity index (χ4n) is 3.75. The summed E-state index contributed by atoms with van der Waals surface area (Å²) in [5.41, 5.74) is 0. The molecule has 0 aliphatic carbocycles. The quantitative estimate of drug-likeness (QED) is 0.229. The Morgan fingerprint density at radius 3 is 1.82 bits per heavy atom. The average Bonchev–Trinajstić information content (AvgIpc) is 2.84. The van der Waals surface area contributed by atoms with Crippen LogP contribution in [0.5, 0.6) is 23.0 Å². The summed E-state index contributed by atoms with van der Waals surface area (Å²) < 4.78 is 37.9. The summed E-state index contributed by atoms with van der Waals surface area (Å²) in [6.07, 6.45) is -14.0. The maximum absolute atomic E-state index is 10.4. The average molecular weight is 492 g/mol. The van der Waals surface area contributed by atoms with Crippen molar-refractivity contribution in [2.24, 2.45) is 0 Å². The molecule has 0 saturated carbocycles. The molecule has 0 spiro atoms. The van der Waals surface area contributed by atoms with Gasteiger partial charge in [-0.3, -0.25) is 0 Å². The van der Waals surface area contributed by atoms with E-state index in [1.54, 1.807) is 0 Å². The Hall–Kier alpha value is -1.94. The zero-order valence-electron chi connectivity index (χ0n) is 19.2. The number of rotatable bonds is 8. The Morgan fingerprint density at radius 1 is 0.706 bits per heavy atom. The first-order valence-electron chi connectivity index (χ1n) is 10.6. The monoisotopic (exact) mass is 492 g/mol. The van der Waals surface area contributed by atoms with Gasteiger partial charge in [-0.1, -0.05) is 0 Å². The molecule has 34 heavy (non-hydrogen) atoms. The van der Waals surface area contributed by atoms with Gasteiger partial charge in [0.2, 0.25) is 12.0 Å². The van der Waals surface area contributed by atoms with Gasteiger partial charge in [-0.15, -0.1) is 0 Å². The number of hydrogen-bond donors (Lipinski definition) is 6. The van der Waals surface area contributed by atoms with Crippen LogP contribution in [-0.4, -0.2) is 120 Å². The third-order valence-electron chi connectivity index (χ3n) is 5.79. The number of aliphatic hydroxyl groups is 6. The van der Waals surface area contributed by atoms with Gasteiger partial charge in [0.15, 0.2) is 17.8 Å². The number of benzene rings is 1. The fourth-order valence-corrected chi connectivity index (χ4v) is 3.75. The number of aliphatic hydroxyl groups excluding tert-OH is 6. The van der Waals surface area contributed by atoms with Gasteiger partial charge in [0.25, 0.3) is 0 Å². The van der Waals surface area contributed by atoms with E-state index in [1.807, 2.05) is 0 Å². The Bertz CT molecular complexity index is 782. The second-order valence-corrected chi connectivity index (χ2v) is 8.01. The van der Waals surface area contributed by atoms with E-state index in [0.29, 0.717) is 5.75 Å². The molecular formula is C21H32O13. The van der Waals surface area contributed by atoms with Crippen molar-refractivity contribution in [2.45, 2.75) is 68.3 Å². The van der Waals surface area contributed by atoms with Crippen LogP contribution >= 0.6 is 0 Å². The minimum atomic E-state index is -1.65. The van der Waals surface area contributed by atoms with E-state index < -0.39 is 68.0 Å². The van der Waals surface area contributed by atoms with Crippen LogP contribution in [-0.2, 0) is 14.2 Å². The maximum Gasteiger partial charge on any atom is 0.229 e. The van der Waals surface area contributed by atoms with Gasteiger partial charge >= 0.3 is 0 Å². The van der Waals surface area contributed by atoms with E-state index in [-0.39, 0.29) is 17.2 Å². The molecule has 6 N–H and O–H groups in total. The molecule has 2 saturated heterocycles. The summed E-state index contributed by atoms with van der Waals surface area (Å²) in [7, 11) is 4.27. The first-order chi connectivity index (χ1) is 16.1. The van der Waals surface area contributed by atoms with E-state index in [0.717, 1.165) is 0 Å². The van der Waals surface area contributed by atoms with Crippen molar-refractivity contribution in [1.29, 1.82) is 0 Å². The first kappa shape index (κ1) is 26.7. The van der Waals surface area contributed by atoms with E-state index in [1.165, 1.54) is 40.4 Å². The summed E-state index contributed by atoms with van der Waals surface area (Å²) >= 11 is 0. The predicted octanol–water partition coefficient (Wildman–Crippen LogP) is -2.26. The molecule has 2 heterocycles. The van der Waals surface area contributed by atoms with E-state index in [9.17, 15) is 30.6 Å². The van der Waals surface area contributed by atoms with E-state index in [2.05, 4.69) is 0 Å². The highest BCUT2D eigenvalue weighted by Gasteiger charge is 2.47. The van der Waals surface area contributed by atoms with Crippen molar-refractivity contribution in [3.05, 3.63) is 12.1 Å². The molecule has 0 amide bonds. The largest absolute Gasteiger partial charge is 0.493 e. The number of methoxy groups -OCH3 is 3. The molecule has 194 valence electrons. The first-order valence-corrected chi connectivity index (χ1v) is 10.6. The third-order valence-corrected chi connectivity index (χ3v) is 5.79. The van der Waals surface area contributed by atoms with Crippen molar-refractivity contribution in [3.63, 3.8) is 0 Å². The normalized spacial score (nSPS) is 38.3. The third kappa shape index (κ3) is 5.32. The SMILES string of the molecule is COc1cc(OC2OC(COC3OC(C)C(O)C(O)C3O)C(O)C(O)C2O)cc(OC)c1OC. The molecule has 1 aromatic carbocycles. The molecule has 0 radical (unpaired) electrons. The highest BCUT2D eigenvalue weighted by atomic mass is 16.7. The fraction of sp³-hybridized carbons (Fsp3) is 0.714. The van der Waals surface area contributed by atoms with E-state index in [4.69, 9.17) is 33.2 Å². The van der Waals surface area contributed by atoms with Gasteiger partial charge in [0, 0.05) is 12.1 Å². The molecule has 1 aromatic rings. The molecule has 3 rings (SSSR count). The van der Waals surface area contributed by atoms with Crippen LogP contribution in [0, 0.1) is 0 Å². The smallest absolute Gasteiger partial charge is 0.229 e. The lowest BCUT2D eigenvalue weighted by molar-refractivity contribution is -0.318. The van der Waals surface area contributed by atoms with Crippen LogP contribution in [0.4, 0.5) is 0 Å². The summed E-state index contributed by atoms with van der Waals surface area (Å²) in [6.45, 7) is 1.08. The molecule has 2 aliphatic heterocycles. The highest BCUT2D eigenvalue weighted by molar-refractivity contribution is 5.55. The zero-order chi connectivity index (χ0) is 25.2. The van der Waals surface area contributed by atoms with Gasteiger partial charge in [0.05, 0.1) is 34.0 Å². The summed E-state index contributed by atoms with van der Waals surface area (Å²) in [5.74, 6) is 1.03. The molecule has 0 aromatic heterocycles. The summed E-state index contributed by atoms with van der Waals surface area (Å²) in [4.78, 5) is 0. The lowest BCUT2D eigenvalue weighted by atomic mass is 9.98. The van der Waals surface area contributed by atoms with Crippen molar-refractivity contribution in [2.75, 3.05) is 27.9 Å². The Balaban J connectivity index is 1.72. The van der Waals surface area contributed by atoms with Crippen LogP contribution in [0.25, 0.3) is 0 Å². The Kier molecular flexibility index (Phi) is 8.78. The van der Waals surface area contributed by atoms with Crippen LogP contribution < -0.4 is 18.9 Å². The number of hydrogen-bond acceptors (Lipinski definition) is 13. The van der Waals surface area contributed by atoms with E-state index >= 15 is 0 Å². The van der Waals surface area contributed by atoms with Crippen LogP contribution in [0.1, 0.15) is 6.92 Å². The van der Waals surface area contributed by atoms with Gasteiger partial charge in [-0.05, 0) is 6.92 Å². The Labute approximate surface area is 195 Å². The minimum Gasteiger partial charge on any atom is -0.493 e. The second-order valence-electron chi connectivity index (χ2n) is 8.01. The zero-order valence-corrected chi connectivity index (χ0v) is 19.2. The molecule has 13 heteroatoms. The van der Waals surface area contributed by atoms with Gasteiger partial charge in [-0.2, -0.15) is 0 Å². The molecule has 0 bridgehead atoms. The van der Waals surface area contributed by atoms with Gasteiger partial charge < -0.3 is 63.8 Å². The standard InChI is InChI=1S/C21H32O13/c1-8-13(22)15(24)17(26)20(32-8)31-7-12-14(23)16(25)18(27)21(34-12)33-9-5-10(28-2)19(30-4)11(6-9)29-3/h5-6,8,12-18,20-27H,7H2,1-4H3. The number of ether oxygens (including phenoxy) is 7. The minimum absolute atomic E-state index is 0.152. The lowest BCUT2D eigenvalue weighted by Gasteiger charge is -2.42. The van der Waals surface area contributed by atoms with Crippen LogP contribution in [0.15, 0.2) is 12.1 Å². The van der Waals surface area contributed by atoms with Gasteiger partial charge in [0.1, 0.15) is 48.5 Å². The van der Waals surface area contributed by atoms with Crippen LogP contribution in [0.2, 0.25) is 0 Å².